The highest BCUT2D eigenvalue weighted by Crippen LogP contribution is 2.32. The summed E-state index contributed by atoms with van der Waals surface area (Å²) in [6.07, 6.45) is 1.77. The highest BCUT2D eigenvalue weighted by atomic mass is 35.5. The minimum Gasteiger partial charge on any atom is -0.278 e. The third-order valence-corrected chi connectivity index (χ3v) is 6.77. The zero-order valence-corrected chi connectivity index (χ0v) is 14.4. The summed E-state index contributed by atoms with van der Waals surface area (Å²) in [6.45, 7) is 5.28. The maximum Gasteiger partial charge on any atom is 0.273 e. The molecule has 0 saturated carbocycles. The van der Waals surface area contributed by atoms with Gasteiger partial charge in [0.1, 0.15) is 0 Å². The fraction of sp³-hybridized carbons (Fsp3) is 0.154. The van der Waals surface area contributed by atoms with Crippen LogP contribution in [0.15, 0.2) is 46.0 Å². The number of nitrogens with one attached hydrogen (secondary N) is 1. The molecular formula is C13H13ClN2O2S3. The summed E-state index contributed by atoms with van der Waals surface area (Å²) in [7, 11) is -3.69. The molecule has 2 rings (SSSR count). The molecule has 0 spiro atoms. The summed E-state index contributed by atoms with van der Waals surface area (Å²) < 4.78 is 27.8. The van der Waals surface area contributed by atoms with Crippen LogP contribution in [0.2, 0.25) is 4.47 Å². The van der Waals surface area contributed by atoms with Crippen LogP contribution in [-0.2, 0) is 10.0 Å². The number of thiazole rings is 1. The first-order valence-corrected chi connectivity index (χ1v) is 9.59. The highest BCUT2D eigenvalue weighted by Gasteiger charge is 2.22. The molecule has 0 amide bonds. The maximum atomic E-state index is 12.4. The summed E-state index contributed by atoms with van der Waals surface area (Å²) in [5.74, 6) is 0.699. The van der Waals surface area contributed by atoms with Crippen LogP contribution in [-0.4, -0.2) is 19.2 Å². The van der Waals surface area contributed by atoms with Gasteiger partial charge in [-0.2, -0.15) is 0 Å². The van der Waals surface area contributed by atoms with Gasteiger partial charge in [-0.15, -0.1) is 18.3 Å². The molecule has 0 aliphatic carbocycles. The summed E-state index contributed by atoms with van der Waals surface area (Å²) in [5.41, 5.74) is 0.932. The largest absolute Gasteiger partial charge is 0.278 e. The molecule has 0 aliphatic rings. The predicted molar refractivity (Wildman–Crippen MR) is 90.0 cm³/mol. The summed E-state index contributed by atoms with van der Waals surface area (Å²) in [5, 5.41) is 0. The molecule has 0 radical (unpaired) electrons. The van der Waals surface area contributed by atoms with E-state index in [9.17, 15) is 8.42 Å². The van der Waals surface area contributed by atoms with Crippen molar-refractivity contribution >= 4 is 50.4 Å². The van der Waals surface area contributed by atoms with Gasteiger partial charge < -0.3 is 0 Å². The van der Waals surface area contributed by atoms with Crippen LogP contribution in [0, 0.1) is 6.92 Å². The lowest BCUT2D eigenvalue weighted by molar-refractivity contribution is 0.602. The third kappa shape index (κ3) is 4.00. The van der Waals surface area contributed by atoms with Crippen LogP contribution in [0.5, 0.6) is 0 Å². The number of hydrogen-bond donors (Lipinski definition) is 1. The van der Waals surface area contributed by atoms with Crippen molar-refractivity contribution in [3.63, 3.8) is 0 Å². The Morgan fingerprint density at radius 2 is 2.19 bits per heavy atom. The van der Waals surface area contributed by atoms with E-state index in [4.69, 9.17) is 11.6 Å². The molecule has 0 atom stereocenters. The lowest BCUT2D eigenvalue weighted by Gasteiger charge is -2.11. The second-order valence-electron chi connectivity index (χ2n) is 4.04. The monoisotopic (exact) mass is 360 g/mol. The molecule has 1 heterocycles. The number of nitrogens with zero attached hydrogens (tertiary/aromatic N) is 1. The van der Waals surface area contributed by atoms with E-state index >= 15 is 0 Å². The van der Waals surface area contributed by atoms with Gasteiger partial charge in [-0.1, -0.05) is 41.1 Å². The Kier molecular flexibility index (Phi) is 5.32. The van der Waals surface area contributed by atoms with E-state index in [1.807, 2.05) is 12.1 Å². The zero-order valence-electron chi connectivity index (χ0n) is 11.2. The summed E-state index contributed by atoms with van der Waals surface area (Å²) in [4.78, 5) is 4.78. The quantitative estimate of drug-likeness (QED) is 0.620. The topological polar surface area (TPSA) is 59.1 Å². The molecule has 112 valence electrons. The average Bonchev–Trinajstić information content (AvgIpc) is 2.77. The number of sulfonamides is 1. The van der Waals surface area contributed by atoms with Crippen molar-refractivity contribution in [2.45, 2.75) is 16.0 Å². The van der Waals surface area contributed by atoms with Gasteiger partial charge in [0.2, 0.25) is 0 Å². The molecule has 21 heavy (non-hydrogen) atoms. The Bertz CT molecular complexity index is 757. The van der Waals surface area contributed by atoms with E-state index in [1.165, 1.54) is 11.8 Å². The van der Waals surface area contributed by atoms with Gasteiger partial charge in [-0.05, 0) is 19.1 Å². The molecule has 0 saturated heterocycles. The minimum atomic E-state index is -3.69. The van der Waals surface area contributed by atoms with E-state index in [1.54, 1.807) is 25.1 Å². The number of thioether (sulfide) groups is 1. The molecule has 0 bridgehead atoms. The molecule has 0 unspecified atom stereocenters. The second-order valence-corrected chi connectivity index (χ2v) is 8.56. The minimum absolute atomic E-state index is 0.135. The first kappa shape index (κ1) is 16.4. The van der Waals surface area contributed by atoms with E-state index in [0.29, 0.717) is 17.1 Å². The second kappa shape index (κ2) is 6.83. The number of halogens is 1. The van der Waals surface area contributed by atoms with Gasteiger partial charge in [0.05, 0.1) is 11.4 Å². The number of anilines is 1. The van der Waals surface area contributed by atoms with E-state index in [0.717, 1.165) is 16.2 Å². The molecule has 0 aliphatic heterocycles. The van der Waals surface area contributed by atoms with Crippen molar-refractivity contribution in [2.75, 3.05) is 10.5 Å². The van der Waals surface area contributed by atoms with Crippen LogP contribution in [0.1, 0.15) is 5.69 Å². The fourth-order valence-electron chi connectivity index (χ4n) is 1.62. The molecule has 1 aromatic heterocycles. The van der Waals surface area contributed by atoms with Crippen molar-refractivity contribution in [1.29, 1.82) is 0 Å². The molecule has 4 nitrogen and oxygen atoms in total. The molecule has 1 N–H and O–H groups in total. The van der Waals surface area contributed by atoms with Crippen LogP contribution >= 0.6 is 34.7 Å². The highest BCUT2D eigenvalue weighted by molar-refractivity contribution is 7.99. The molecule has 0 fully saturated rings. The number of rotatable bonds is 6. The van der Waals surface area contributed by atoms with Gasteiger partial charge in [0.15, 0.2) is 8.68 Å². The van der Waals surface area contributed by atoms with Gasteiger partial charge in [0.25, 0.3) is 10.0 Å². The van der Waals surface area contributed by atoms with Gasteiger partial charge in [-0.25, -0.2) is 13.4 Å². The normalized spacial score (nSPS) is 11.3. The van der Waals surface area contributed by atoms with Crippen LogP contribution in [0.25, 0.3) is 0 Å². The number of aryl methyl sites for hydroxylation is 1. The zero-order chi connectivity index (χ0) is 15.5. The number of hydrogen-bond acceptors (Lipinski definition) is 5. The van der Waals surface area contributed by atoms with Gasteiger partial charge >= 0.3 is 0 Å². The Hall–Kier alpha value is -1.02. The van der Waals surface area contributed by atoms with Gasteiger partial charge in [-0.3, -0.25) is 4.72 Å². The maximum absolute atomic E-state index is 12.4. The predicted octanol–water partition coefficient (Wildman–Crippen LogP) is 4.18. The van der Waals surface area contributed by atoms with Crippen LogP contribution in [0.3, 0.4) is 0 Å². The smallest absolute Gasteiger partial charge is 0.273 e. The number of aromatic nitrogens is 1. The van der Waals surface area contributed by atoms with Crippen molar-refractivity contribution < 1.29 is 8.42 Å². The van der Waals surface area contributed by atoms with Crippen LogP contribution in [0.4, 0.5) is 5.69 Å². The summed E-state index contributed by atoms with van der Waals surface area (Å²) >= 11 is 8.23. The summed E-state index contributed by atoms with van der Waals surface area (Å²) in [6, 6.07) is 7.22. The Labute approximate surface area is 137 Å². The molecule has 2 aromatic rings. The van der Waals surface area contributed by atoms with Crippen molar-refractivity contribution in [2.24, 2.45) is 0 Å². The number of para-hydroxylation sites is 1. The SMILES string of the molecule is C=CCSc1ccccc1NS(=O)(=O)c1sc(Cl)nc1C. The molecule has 8 heteroatoms. The Morgan fingerprint density at radius 3 is 2.81 bits per heavy atom. The Balaban J connectivity index is 2.33. The Morgan fingerprint density at radius 1 is 1.48 bits per heavy atom. The third-order valence-electron chi connectivity index (χ3n) is 2.46. The van der Waals surface area contributed by atoms with Crippen molar-refractivity contribution in [3.8, 4) is 0 Å². The van der Waals surface area contributed by atoms with E-state index in [2.05, 4.69) is 16.3 Å². The molecule has 1 aromatic carbocycles. The fourth-order valence-corrected chi connectivity index (χ4v) is 5.25. The molecular weight excluding hydrogens is 348 g/mol. The van der Waals surface area contributed by atoms with Crippen molar-refractivity contribution in [3.05, 3.63) is 47.1 Å². The van der Waals surface area contributed by atoms with E-state index < -0.39 is 10.0 Å². The van der Waals surface area contributed by atoms with Crippen LogP contribution < -0.4 is 4.72 Å². The standard InChI is InChI=1S/C13H13ClN2O2S3/c1-3-8-19-11-7-5-4-6-10(11)16-21(17,18)12-9(2)15-13(14)20-12/h3-7,16H,1,8H2,2H3. The average molecular weight is 361 g/mol. The van der Waals surface area contributed by atoms with E-state index in [-0.39, 0.29) is 8.68 Å². The first-order chi connectivity index (χ1) is 9.94. The number of benzene rings is 1. The lowest BCUT2D eigenvalue weighted by Crippen LogP contribution is -2.13. The lowest BCUT2D eigenvalue weighted by atomic mass is 10.3. The first-order valence-electron chi connectivity index (χ1n) is 5.92. The van der Waals surface area contributed by atoms with Crippen molar-refractivity contribution in [1.82, 2.24) is 4.98 Å². The van der Waals surface area contributed by atoms with Gasteiger partial charge in [0, 0.05) is 10.6 Å².